The van der Waals surface area contributed by atoms with Crippen LogP contribution in [0.1, 0.15) is 25.3 Å². The van der Waals surface area contributed by atoms with E-state index in [2.05, 4.69) is 15.9 Å². The first-order chi connectivity index (χ1) is 5.61. The maximum Gasteiger partial charge on any atom is 0.136 e. The van der Waals surface area contributed by atoms with Crippen LogP contribution < -0.4 is 0 Å². The molecule has 0 amide bonds. The third kappa shape index (κ3) is 2.18. The highest BCUT2D eigenvalue weighted by Gasteiger charge is 2.09. The molecule has 12 heavy (non-hydrogen) atoms. The summed E-state index contributed by atoms with van der Waals surface area (Å²) in [6.07, 6.45) is 0. The minimum atomic E-state index is 0.0121. The zero-order chi connectivity index (χ0) is 9.14. The van der Waals surface area contributed by atoms with Crippen molar-refractivity contribution in [3.63, 3.8) is 0 Å². The van der Waals surface area contributed by atoms with Crippen LogP contribution in [-0.2, 0) is 4.79 Å². The molecule has 1 atom stereocenters. The zero-order valence-electron chi connectivity index (χ0n) is 7.17. The van der Waals surface area contributed by atoms with E-state index >= 15 is 0 Å². The van der Waals surface area contributed by atoms with E-state index in [1.165, 1.54) is 0 Å². The van der Waals surface area contributed by atoms with Crippen LogP contribution in [0.4, 0.5) is 0 Å². The average molecular weight is 227 g/mol. The van der Waals surface area contributed by atoms with Crippen molar-refractivity contribution < 1.29 is 4.79 Å². The lowest BCUT2D eigenvalue weighted by molar-refractivity contribution is -0.118. The Morgan fingerprint density at radius 1 is 1.33 bits per heavy atom. The van der Waals surface area contributed by atoms with Gasteiger partial charge in [0.25, 0.3) is 0 Å². The van der Waals surface area contributed by atoms with Crippen molar-refractivity contribution in [2.45, 2.75) is 19.8 Å². The average Bonchev–Trinajstić information content (AvgIpc) is 2.04. The molecule has 1 aromatic rings. The molecule has 0 fully saturated rings. The van der Waals surface area contributed by atoms with E-state index in [0.717, 1.165) is 10.0 Å². The number of hydrogen-bond acceptors (Lipinski definition) is 1. The van der Waals surface area contributed by atoms with Crippen LogP contribution in [0.3, 0.4) is 0 Å². The van der Waals surface area contributed by atoms with Gasteiger partial charge in [-0.25, -0.2) is 0 Å². The van der Waals surface area contributed by atoms with Crippen molar-refractivity contribution in [1.82, 2.24) is 0 Å². The summed E-state index contributed by atoms with van der Waals surface area (Å²) in [6, 6.07) is 7.84. The molecule has 0 saturated carbocycles. The molecule has 1 aromatic carbocycles. The molecule has 0 unspecified atom stereocenters. The molecule has 0 aliphatic heterocycles. The lowest BCUT2D eigenvalue weighted by atomic mass is 9.98. The van der Waals surface area contributed by atoms with Crippen LogP contribution >= 0.6 is 15.9 Å². The first-order valence-corrected chi connectivity index (χ1v) is 4.66. The monoisotopic (exact) mass is 226 g/mol. The maximum atomic E-state index is 11.0. The van der Waals surface area contributed by atoms with E-state index in [1.807, 2.05) is 31.2 Å². The molecule has 64 valence electrons. The molecule has 2 heteroatoms. The molecule has 0 heterocycles. The highest BCUT2D eigenvalue weighted by molar-refractivity contribution is 9.10. The second-order valence-electron chi connectivity index (χ2n) is 2.88. The highest BCUT2D eigenvalue weighted by atomic mass is 79.9. The SMILES string of the molecule is CC(=O)[C@H](C)c1ccc(Br)cc1. The van der Waals surface area contributed by atoms with Gasteiger partial charge in [-0.15, -0.1) is 0 Å². The fraction of sp³-hybridized carbons (Fsp3) is 0.300. The summed E-state index contributed by atoms with van der Waals surface area (Å²) in [5.74, 6) is 0.218. The zero-order valence-corrected chi connectivity index (χ0v) is 8.76. The standard InChI is InChI=1S/C10H11BrO/c1-7(8(2)12)9-3-5-10(11)6-4-9/h3-7H,1-2H3/t7-/m0/s1. The topological polar surface area (TPSA) is 17.1 Å². The van der Waals surface area contributed by atoms with Crippen LogP contribution in [0.25, 0.3) is 0 Å². The smallest absolute Gasteiger partial charge is 0.136 e. The summed E-state index contributed by atoms with van der Waals surface area (Å²) in [7, 11) is 0. The molecular formula is C10H11BrO. The number of benzene rings is 1. The summed E-state index contributed by atoms with van der Waals surface area (Å²) < 4.78 is 1.04. The third-order valence-electron chi connectivity index (χ3n) is 1.98. The molecule has 0 N–H and O–H groups in total. The number of Topliss-reactive ketones (excluding diaryl/α,β-unsaturated/α-hetero) is 1. The summed E-state index contributed by atoms with van der Waals surface area (Å²) >= 11 is 3.35. The molecule has 0 aliphatic rings. The van der Waals surface area contributed by atoms with Crippen LogP contribution in [0, 0.1) is 0 Å². The number of carbonyl (C=O) groups excluding carboxylic acids is 1. The Hall–Kier alpha value is -0.630. The van der Waals surface area contributed by atoms with Crippen molar-refractivity contribution >= 4 is 21.7 Å². The quantitative estimate of drug-likeness (QED) is 0.758. The van der Waals surface area contributed by atoms with Crippen LogP contribution in [0.15, 0.2) is 28.7 Å². The van der Waals surface area contributed by atoms with Gasteiger partial charge in [-0.1, -0.05) is 35.0 Å². The molecular weight excluding hydrogens is 216 g/mol. The van der Waals surface area contributed by atoms with Gasteiger partial charge in [-0.2, -0.15) is 0 Å². The van der Waals surface area contributed by atoms with Crippen molar-refractivity contribution in [1.29, 1.82) is 0 Å². The minimum Gasteiger partial charge on any atom is -0.299 e. The molecule has 1 rings (SSSR count). The summed E-state index contributed by atoms with van der Waals surface area (Å²) in [4.78, 5) is 11.0. The van der Waals surface area contributed by atoms with E-state index < -0.39 is 0 Å². The third-order valence-corrected chi connectivity index (χ3v) is 2.51. The number of halogens is 1. The maximum absolute atomic E-state index is 11.0. The van der Waals surface area contributed by atoms with Gasteiger partial charge >= 0.3 is 0 Å². The van der Waals surface area contributed by atoms with Crippen molar-refractivity contribution in [2.24, 2.45) is 0 Å². The van der Waals surface area contributed by atoms with Gasteiger partial charge in [0.2, 0.25) is 0 Å². The van der Waals surface area contributed by atoms with E-state index in [9.17, 15) is 4.79 Å². The molecule has 1 nitrogen and oxygen atoms in total. The predicted molar refractivity (Wildman–Crippen MR) is 53.2 cm³/mol. The summed E-state index contributed by atoms with van der Waals surface area (Å²) in [5, 5.41) is 0. The van der Waals surface area contributed by atoms with Crippen molar-refractivity contribution in [3.8, 4) is 0 Å². The largest absolute Gasteiger partial charge is 0.299 e. The number of hydrogen-bond donors (Lipinski definition) is 0. The van der Waals surface area contributed by atoms with E-state index in [1.54, 1.807) is 6.92 Å². The molecule has 0 saturated heterocycles. The predicted octanol–water partition coefficient (Wildman–Crippen LogP) is 3.14. The molecule has 0 aromatic heterocycles. The van der Waals surface area contributed by atoms with Gasteiger partial charge in [-0.05, 0) is 24.6 Å². The van der Waals surface area contributed by atoms with Crippen LogP contribution in [0.2, 0.25) is 0 Å². The number of carbonyl (C=O) groups is 1. The Morgan fingerprint density at radius 2 is 1.83 bits per heavy atom. The van der Waals surface area contributed by atoms with Crippen LogP contribution in [0.5, 0.6) is 0 Å². The van der Waals surface area contributed by atoms with Gasteiger partial charge in [0.1, 0.15) is 5.78 Å². The number of ketones is 1. The Morgan fingerprint density at radius 3 is 2.25 bits per heavy atom. The normalized spacial score (nSPS) is 12.6. The first kappa shape index (κ1) is 9.46. The van der Waals surface area contributed by atoms with Crippen molar-refractivity contribution in [3.05, 3.63) is 34.3 Å². The lowest BCUT2D eigenvalue weighted by Crippen LogP contribution is -2.03. The Bertz CT molecular complexity index is 276. The minimum absolute atomic E-state index is 0.0121. The van der Waals surface area contributed by atoms with Gasteiger partial charge < -0.3 is 0 Å². The Kier molecular flexibility index (Phi) is 3.04. The Balaban J connectivity index is 2.89. The lowest BCUT2D eigenvalue weighted by Gasteiger charge is -2.06. The summed E-state index contributed by atoms with van der Waals surface area (Å²) in [5.41, 5.74) is 1.07. The molecule has 0 spiro atoms. The Labute approximate surface area is 80.9 Å². The van der Waals surface area contributed by atoms with E-state index in [4.69, 9.17) is 0 Å². The van der Waals surface area contributed by atoms with Crippen molar-refractivity contribution in [2.75, 3.05) is 0 Å². The van der Waals surface area contributed by atoms with Gasteiger partial charge in [-0.3, -0.25) is 4.79 Å². The molecule has 0 radical (unpaired) electrons. The van der Waals surface area contributed by atoms with Gasteiger partial charge in [0.15, 0.2) is 0 Å². The highest BCUT2D eigenvalue weighted by Crippen LogP contribution is 2.18. The fourth-order valence-corrected chi connectivity index (χ4v) is 1.25. The van der Waals surface area contributed by atoms with Crippen LogP contribution in [-0.4, -0.2) is 5.78 Å². The fourth-order valence-electron chi connectivity index (χ4n) is 0.986. The second kappa shape index (κ2) is 3.85. The first-order valence-electron chi connectivity index (χ1n) is 3.87. The second-order valence-corrected chi connectivity index (χ2v) is 3.80. The van der Waals surface area contributed by atoms with E-state index in [0.29, 0.717) is 0 Å². The van der Waals surface area contributed by atoms with Gasteiger partial charge in [0.05, 0.1) is 0 Å². The summed E-state index contributed by atoms with van der Waals surface area (Å²) in [6.45, 7) is 3.54. The molecule has 0 bridgehead atoms. The number of rotatable bonds is 2. The van der Waals surface area contributed by atoms with E-state index in [-0.39, 0.29) is 11.7 Å². The molecule has 0 aliphatic carbocycles. The van der Waals surface area contributed by atoms with Gasteiger partial charge in [0, 0.05) is 10.4 Å².